The number of rotatable bonds is 3. The molecule has 1 fully saturated rings. The first-order valence-electron chi connectivity index (χ1n) is 5.70. The van der Waals surface area contributed by atoms with E-state index in [1.807, 2.05) is 0 Å². The molecule has 1 saturated heterocycles. The van der Waals surface area contributed by atoms with Crippen LogP contribution in [0, 0.1) is 0 Å². The molecule has 1 aliphatic rings. The average molecular weight is 275 g/mol. The zero-order chi connectivity index (χ0) is 12.3. The second-order valence-electron chi connectivity index (χ2n) is 4.49. The Kier molecular flexibility index (Phi) is 4.15. The summed E-state index contributed by atoms with van der Waals surface area (Å²) in [4.78, 5) is 0. The minimum Gasteiger partial charge on any atom is -0.388 e. The van der Waals surface area contributed by atoms with Crippen molar-refractivity contribution in [3.05, 3.63) is 28.2 Å². The maximum Gasteiger partial charge on any atom is 0.0843 e. The molecule has 0 bridgehead atoms. The number of anilines is 1. The van der Waals surface area contributed by atoms with E-state index in [0.717, 1.165) is 31.6 Å². The number of nitrogens with one attached hydrogen (secondary N) is 2. The van der Waals surface area contributed by atoms with Crippen LogP contribution in [-0.2, 0) is 0 Å². The maximum atomic E-state index is 10.3. The molecule has 0 aromatic heterocycles. The summed E-state index contributed by atoms with van der Waals surface area (Å²) in [5.74, 6) is 0. The van der Waals surface area contributed by atoms with Crippen LogP contribution in [0.15, 0.2) is 18.2 Å². The van der Waals surface area contributed by atoms with Gasteiger partial charge in [0, 0.05) is 22.3 Å². The third kappa shape index (κ3) is 3.75. The SMILES string of the molecule is OC1(CNc2cc(Cl)cc(Cl)c2)CCNCC1. The van der Waals surface area contributed by atoms with Crippen molar-refractivity contribution in [1.82, 2.24) is 5.32 Å². The van der Waals surface area contributed by atoms with Gasteiger partial charge < -0.3 is 15.7 Å². The highest BCUT2D eigenvalue weighted by molar-refractivity contribution is 6.35. The molecule has 1 aromatic carbocycles. The summed E-state index contributed by atoms with van der Waals surface area (Å²) in [6.45, 7) is 2.23. The Morgan fingerprint density at radius 3 is 2.35 bits per heavy atom. The van der Waals surface area contributed by atoms with E-state index in [1.54, 1.807) is 18.2 Å². The van der Waals surface area contributed by atoms with E-state index in [9.17, 15) is 5.11 Å². The molecule has 0 spiro atoms. The van der Waals surface area contributed by atoms with Gasteiger partial charge in [0.25, 0.3) is 0 Å². The Morgan fingerprint density at radius 1 is 1.18 bits per heavy atom. The van der Waals surface area contributed by atoms with E-state index in [0.29, 0.717) is 16.6 Å². The minimum atomic E-state index is -0.639. The highest BCUT2D eigenvalue weighted by Crippen LogP contribution is 2.24. The van der Waals surface area contributed by atoms with Crippen molar-refractivity contribution in [2.75, 3.05) is 25.0 Å². The molecule has 1 heterocycles. The molecule has 94 valence electrons. The lowest BCUT2D eigenvalue weighted by Gasteiger charge is -2.33. The quantitative estimate of drug-likeness (QED) is 0.794. The lowest BCUT2D eigenvalue weighted by Crippen LogP contribution is -2.46. The molecule has 5 heteroatoms. The fourth-order valence-electron chi connectivity index (χ4n) is 1.99. The van der Waals surface area contributed by atoms with Gasteiger partial charge in [0.1, 0.15) is 0 Å². The molecular formula is C12H16Cl2N2O. The van der Waals surface area contributed by atoms with Crippen LogP contribution in [0.25, 0.3) is 0 Å². The third-order valence-corrected chi connectivity index (χ3v) is 3.45. The molecule has 1 aromatic rings. The molecule has 0 amide bonds. The van der Waals surface area contributed by atoms with Crippen LogP contribution >= 0.6 is 23.2 Å². The van der Waals surface area contributed by atoms with E-state index in [2.05, 4.69) is 10.6 Å². The highest BCUT2D eigenvalue weighted by atomic mass is 35.5. The molecule has 17 heavy (non-hydrogen) atoms. The second kappa shape index (κ2) is 5.44. The van der Waals surface area contributed by atoms with Gasteiger partial charge >= 0.3 is 0 Å². The molecule has 0 radical (unpaired) electrons. The third-order valence-electron chi connectivity index (χ3n) is 3.02. The second-order valence-corrected chi connectivity index (χ2v) is 5.36. The van der Waals surface area contributed by atoms with Crippen molar-refractivity contribution in [2.24, 2.45) is 0 Å². The molecule has 0 aliphatic carbocycles. The Labute approximate surface area is 111 Å². The number of benzene rings is 1. The van der Waals surface area contributed by atoms with Crippen molar-refractivity contribution in [2.45, 2.75) is 18.4 Å². The first-order chi connectivity index (χ1) is 8.07. The molecular weight excluding hydrogens is 259 g/mol. The number of aliphatic hydroxyl groups is 1. The zero-order valence-electron chi connectivity index (χ0n) is 9.47. The van der Waals surface area contributed by atoms with Crippen LogP contribution in [0.3, 0.4) is 0 Å². The van der Waals surface area contributed by atoms with Crippen molar-refractivity contribution in [1.29, 1.82) is 0 Å². The van der Waals surface area contributed by atoms with Gasteiger partial charge in [0.15, 0.2) is 0 Å². The van der Waals surface area contributed by atoms with Crippen LogP contribution in [0.1, 0.15) is 12.8 Å². The number of halogens is 2. The van der Waals surface area contributed by atoms with Crippen LogP contribution in [0.2, 0.25) is 10.0 Å². The fraction of sp³-hybridized carbons (Fsp3) is 0.500. The van der Waals surface area contributed by atoms with Crippen molar-refractivity contribution in [3.63, 3.8) is 0 Å². The Balaban J connectivity index is 1.96. The number of hydrogen-bond acceptors (Lipinski definition) is 3. The highest BCUT2D eigenvalue weighted by Gasteiger charge is 2.28. The smallest absolute Gasteiger partial charge is 0.0843 e. The predicted molar refractivity (Wildman–Crippen MR) is 72.0 cm³/mol. The Bertz CT molecular complexity index is 372. The summed E-state index contributed by atoms with van der Waals surface area (Å²) >= 11 is 11.8. The molecule has 0 unspecified atom stereocenters. The maximum absolute atomic E-state index is 10.3. The number of hydrogen-bond donors (Lipinski definition) is 3. The Morgan fingerprint density at radius 2 is 1.76 bits per heavy atom. The molecule has 1 aliphatic heterocycles. The van der Waals surface area contributed by atoms with Crippen molar-refractivity contribution in [3.8, 4) is 0 Å². The lowest BCUT2D eigenvalue weighted by molar-refractivity contribution is 0.0232. The van der Waals surface area contributed by atoms with Crippen molar-refractivity contribution < 1.29 is 5.11 Å². The van der Waals surface area contributed by atoms with Crippen molar-refractivity contribution >= 4 is 28.9 Å². The van der Waals surface area contributed by atoms with Gasteiger partial charge in [-0.3, -0.25) is 0 Å². The summed E-state index contributed by atoms with van der Waals surface area (Å²) in [7, 11) is 0. The van der Waals surface area contributed by atoms with E-state index < -0.39 is 5.60 Å². The van der Waals surface area contributed by atoms with E-state index in [1.165, 1.54) is 0 Å². The molecule has 2 rings (SSSR count). The lowest BCUT2D eigenvalue weighted by atomic mass is 9.92. The van der Waals surface area contributed by atoms with Gasteiger partial charge in [-0.2, -0.15) is 0 Å². The summed E-state index contributed by atoms with van der Waals surface area (Å²) in [6, 6.07) is 5.29. The largest absolute Gasteiger partial charge is 0.388 e. The van der Waals surface area contributed by atoms with Crippen LogP contribution in [0.5, 0.6) is 0 Å². The summed E-state index contributed by atoms with van der Waals surface area (Å²) in [5.41, 5.74) is 0.203. The first-order valence-corrected chi connectivity index (χ1v) is 6.46. The van der Waals surface area contributed by atoms with E-state index >= 15 is 0 Å². The average Bonchev–Trinajstić information content (AvgIpc) is 2.26. The summed E-state index contributed by atoms with van der Waals surface area (Å²) in [5, 5.41) is 17.9. The van der Waals surface area contributed by atoms with Gasteiger partial charge in [-0.15, -0.1) is 0 Å². The normalized spacial score (nSPS) is 19.0. The van der Waals surface area contributed by atoms with Crippen LogP contribution in [0.4, 0.5) is 5.69 Å². The minimum absolute atomic E-state index is 0.519. The van der Waals surface area contributed by atoms with Gasteiger partial charge in [-0.1, -0.05) is 23.2 Å². The van der Waals surface area contributed by atoms with Gasteiger partial charge in [-0.25, -0.2) is 0 Å². The van der Waals surface area contributed by atoms with Gasteiger partial charge in [-0.05, 0) is 44.1 Å². The molecule has 3 nitrogen and oxygen atoms in total. The van der Waals surface area contributed by atoms with E-state index in [-0.39, 0.29) is 0 Å². The van der Waals surface area contributed by atoms with Gasteiger partial charge in [0.2, 0.25) is 0 Å². The molecule has 3 N–H and O–H groups in total. The molecule has 0 saturated carbocycles. The van der Waals surface area contributed by atoms with Gasteiger partial charge in [0.05, 0.1) is 5.60 Å². The number of piperidine rings is 1. The fourth-order valence-corrected chi connectivity index (χ4v) is 2.52. The van der Waals surface area contributed by atoms with E-state index in [4.69, 9.17) is 23.2 Å². The standard InChI is InChI=1S/C12H16Cl2N2O/c13-9-5-10(14)7-11(6-9)16-8-12(17)1-3-15-4-2-12/h5-7,15-17H,1-4,8H2. The van der Waals surface area contributed by atoms with Crippen LogP contribution in [-0.4, -0.2) is 30.3 Å². The Hall–Kier alpha value is -0.480. The summed E-state index contributed by atoms with van der Waals surface area (Å²) in [6.07, 6.45) is 1.52. The van der Waals surface area contributed by atoms with Crippen LogP contribution < -0.4 is 10.6 Å². The monoisotopic (exact) mass is 274 g/mol. The summed E-state index contributed by atoms with van der Waals surface area (Å²) < 4.78 is 0. The topological polar surface area (TPSA) is 44.3 Å². The zero-order valence-corrected chi connectivity index (χ0v) is 11.0. The first kappa shape index (κ1) is 13.0. The predicted octanol–water partition coefficient (Wildman–Crippen LogP) is 2.52. The molecule has 0 atom stereocenters.